The van der Waals surface area contributed by atoms with Crippen LogP contribution in [0.25, 0.3) is 20.5 Å². The maximum absolute atomic E-state index is 6.29. The fraction of sp³-hybridized carbons (Fsp3) is 0.375. The lowest BCUT2D eigenvalue weighted by Crippen LogP contribution is -2.24. The van der Waals surface area contributed by atoms with E-state index in [0.29, 0.717) is 0 Å². The van der Waals surface area contributed by atoms with Crippen LogP contribution in [0, 0.1) is 0 Å². The summed E-state index contributed by atoms with van der Waals surface area (Å²) in [6.45, 7) is 9.99. The number of benzene rings is 2. The summed E-state index contributed by atoms with van der Waals surface area (Å²) in [6, 6.07) is 16.5. The van der Waals surface area contributed by atoms with Crippen LogP contribution in [0.2, 0.25) is 10.0 Å². The van der Waals surface area contributed by atoms with Gasteiger partial charge in [0.1, 0.15) is 0 Å². The van der Waals surface area contributed by atoms with E-state index in [2.05, 4.69) is 49.9 Å². The molecular weight excluding hydrogens is 455 g/mol. The van der Waals surface area contributed by atoms with Crippen LogP contribution in [0.15, 0.2) is 53.5 Å². The highest BCUT2D eigenvalue weighted by atomic mass is 35.5. The highest BCUT2D eigenvalue weighted by Gasteiger charge is 2.08. The maximum Gasteiger partial charge on any atom is 0.0678 e. The first kappa shape index (κ1) is 25.2. The predicted molar refractivity (Wildman–Crippen MR) is 137 cm³/mol. The zero-order chi connectivity index (χ0) is 20.8. The third-order valence-electron chi connectivity index (χ3n) is 5.18. The van der Waals surface area contributed by atoms with E-state index in [0.717, 1.165) is 58.8 Å². The largest absolute Gasteiger partial charge is 0.304 e. The molecule has 1 unspecified atom stereocenters. The predicted octanol–water partition coefficient (Wildman–Crippen LogP) is 7.71. The van der Waals surface area contributed by atoms with Crippen LogP contribution in [0.5, 0.6) is 0 Å². The van der Waals surface area contributed by atoms with Gasteiger partial charge in [0.25, 0.3) is 0 Å². The number of fused-ring (bicyclic) bond motifs is 1. The Balaban J connectivity index is 0.00000320. The molecule has 3 aromatic rings. The van der Waals surface area contributed by atoms with Crippen LogP contribution in [-0.2, 0) is 0 Å². The molecule has 0 radical (unpaired) electrons. The number of halogens is 3. The van der Waals surface area contributed by atoms with Crippen molar-refractivity contribution in [1.82, 2.24) is 4.90 Å². The standard InChI is InChI=1S/C24H28Cl2N2S.ClH/c1-4-28(5-2)14-6-7-17(3)27-22-16-24(18-8-10-19(25)11-9-18)29-23-13-12-20(26)15-21(22)23;/h8-13,15-17H,4-7,14H2,1-3H3;1H. The van der Waals surface area contributed by atoms with Crippen LogP contribution < -0.4 is 5.36 Å². The Labute approximate surface area is 200 Å². The van der Waals surface area contributed by atoms with Crippen molar-refractivity contribution < 1.29 is 0 Å². The molecule has 3 rings (SSSR count). The first-order valence-electron chi connectivity index (χ1n) is 10.3. The van der Waals surface area contributed by atoms with E-state index in [-0.39, 0.29) is 18.4 Å². The van der Waals surface area contributed by atoms with Crippen LogP contribution in [0.4, 0.5) is 0 Å². The summed E-state index contributed by atoms with van der Waals surface area (Å²) >= 11 is 14.1. The first-order valence-corrected chi connectivity index (χ1v) is 11.8. The van der Waals surface area contributed by atoms with Crippen molar-refractivity contribution in [1.29, 1.82) is 0 Å². The molecule has 0 aliphatic carbocycles. The fourth-order valence-electron chi connectivity index (χ4n) is 3.46. The molecule has 162 valence electrons. The van der Waals surface area contributed by atoms with Gasteiger partial charge in [0.15, 0.2) is 0 Å². The topological polar surface area (TPSA) is 15.6 Å². The molecule has 1 heterocycles. The zero-order valence-corrected chi connectivity index (χ0v) is 20.8. The number of rotatable bonds is 8. The molecule has 30 heavy (non-hydrogen) atoms. The SMILES string of the molecule is CCN(CC)CCCC(C)N=c1cc(-c2ccc(Cl)cc2)sc2ccc(Cl)cc12.Cl. The highest BCUT2D eigenvalue weighted by Crippen LogP contribution is 2.30. The van der Waals surface area contributed by atoms with E-state index in [9.17, 15) is 0 Å². The molecule has 0 N–H and O–H groups in total. The summed E-state index contributed by atoms with van der Waals surface area (Å²) in [7, 11) is 0. The molecule has 1 atom stereocenters. The quantitative estimate of drug-likeness (QED) is 0.320. The molecule has 0 spiro atoms. The Morgan fingerprint density at radius 3 is 2.30 bits per heavy atom. The van der Waals surface area contributed by atoms with Crippen molar-refractivity contribution in [3.05, 3.63) is 63.9 Å². The average Bonchev–Trinajstić information content (AvgIpc) is 2.72. The second-order valence-electron chi connectivity index (χ2n) is 7.29. The lowest BCUT2D eigenvalue weighted by atomic mass is 10.1. The second-order valence-corrected chi connectivity index (χ2v) is 9.25. The summed E-state index contributed by atoms with van der Waals surface area (Å²) in [4.78, 5) is 8.73. The van der Waals surface area contributed by atoms with Gasteiger partial charge in [-0.25, -0.2) is 0 Å². The van der Waals surface area contributed by atoms with Crippen LogP contribution >= 0.6 is 46.9 Å². The molecule has 1 aromatic heterocycles. The maximum atomic E-state index is 6.29. The third-order valence-corrected chi connectivity index (χ3v) is 6.82. The minimum atomic E-state index is 0. The van der Waals surface area contributed by atoms with Crippen LogP contribution in [-0.4, -0.2) is 30.6 Å². The smallest absolute Gasteiger partial charge is 0.0678 e. The van der Waals surface area contributed by atoms with E-state index < -0.39 is 0 Å². The minimum Gasteiger partial charge on any atom is -0.304 e. The van der Waals surface area contributed by atoms with Crippen molar-refractivity contribution in [2.45, 2.75) is 39.7 Å². The Kier molecular flexibility index (Phi) is 10.1. The molecular formula is C24H29Cl3N2S. The van der Waals surface area contributed by atoms with Crippen molar-refractivity contribution >= 4 is 57.0 Å². The molecule has 0 fully saturated rings. The van der Waals surface area contributed by atoms with E-state index in [1.807, 2.05) is 24.3 Å². The number of hydrogen-bond acceptors (Lipinski definition) is 3. The van der Waals surface area contributed by atoms with E-state index in [1.54, 1.807) is 11.3 Å². The molecule has 0 saturated carbocycles. The van der Waals surface area contributed by atoms with Crippen LogP contribution in [0.3, 0.4) is 0 Å². The van der Waals surface area contributed by atoms with E-state index >= 15 is 0 Å². The molecule has 6 heteroatoms. The van der Waals surface area contributed by atoms with Gasteiger partial charge >= 0.3 is 0 Å². The molecule has 0 saturated heterocycles. The summed E-state index contributed by atoms with van der Waals surface area (Å²) in [5.74, 6) is 0. The van der Waals surface area contributed by atoms with Gasteiger partial charge in [-0.2, -0.15) is 0 Å². The Bertz CT molecular complexity index is 1010. The summed E-state index contributed by atoms with van der Waals surface area (Å²) in [5, 5.41) is 3.63. The van der Waals surface area contributed by atoms with Crippen LogP contribution in [0.1, 0.15) is 33.6 Å². The Morgan fingerprint density at radius 2 is 1.63 bits per heavy atom. The van der Waals surface area contributed by atoms with Crippen molar-refractivity contribution in [3.63, 3.8) is 0 Å². The number of nitrogens with zero attached hydrogens (tertiary/aromatic N) is 2. The Hall–Kier alpha value is -1.10. The monoisotopic (exact) mass is 482 g/mol. The normalized spacial score (nSPS) is 12.9. The summed E-state index contributed by atoms with van der Waals surface area (Å²) in [6.07, 6.45) is 2.23. The molecule has 0 aliphatic rings. The number of hydrogen-bond donors (Lipinski definition) is 0. The summed E-state index contributed by atoms with van der Waals surface area (Å²) in [5.41, 5.74) is 1.15. The van der Waals surface area contributed by atoms with E-state index in [4.69, 9.17) is 28.2 Å². The van der Waals surface area contributed by atoms with Gasteiger partial charge in [0.2, 0.25) is 0 Å². The molecule has 2 aromatic carbocycles. The van der Waals surface area contributed by atoms with Crippen molar-refractivity contribution in [2.75, 3.05) is 19.6 Å². The molecule has 0 aliphatic heterocycles. The first-order chi connectivity index (χ1) is 14.0. The van der Waals surface area contributed by atoms with Gasteiger partial charge in [0.05, 0.1) is 5.36 Å². The zero-order valence-electron chi connectivity index (χ0n) is 17.7. The molecule has 2 nitrogen and oxygen atoms in total. The van der Waals surface area contributed by atoms with Gasteiger partial charge in [0, 0.05) is 31.1 Å². The van der Waals surface area contributed by atoms with E-state index in [1.165, 1.54) is 9.58 Å². The summed E-state index contributed by atoms with van der Waals surface area (Å²) < 4.78 is 1.19. The second kappa shape index (κ2) is 12.1. The van der Waals surface area contributed by atoms with Crippen molar-refractivity contribution in [3.8, 4) is 10.4 Å². The third kappa shape index (κ3) is 6.70. The lowest BCUT2D eigenvalue weighted by Gasteiger charge is -2.18. The Morgan fingerprint density at radius 1 is 0.967 bits per heavy atom. The fourth-order valence-corrected chi connectivity index (χ4v) is 4.83. The molecule has 0 amide bonds. The molecule has 0 bridgehead atoms. The lowest BCUT2D eigenvalue weighted by molar-refractivity contribution is 0.294. The van der Waals surface area contributed by atoms with Gasteiger partial charge in [-0.15, -0.1) is 23.7 Å². The minimum absolute atomic E-state index is 0. The average molecular weight is 484 g/mol. The van der Waals surface area contributed by atoms with Gasteiger partial charge < -0.3 is 4.90 Å². The highest BCUT2D eigenvalue weighted by molar-refractivity contribution is 7.21. The van der Waals surface area contributed by atoms with Gasteiger partial charge in [-0.05, 0) is 81.4 Å². The van der Waals surface area contributed by atoms with Gasteiger partial charge in [-0.1, -0.05) is 49.2 Å². The van der Waals surface area contributed by atoms with Crippen molar-refractivity contribution in [2.24, 2.45) is 4.99 Å². The van der Waals surface area contributed by atoms with Gasteiger partial charge in [-0.3, -0.25) is 4.99 Å².